The molecule has 0 N–H and O–H groups in total. The first-order chi connectivity index (χ1) is 13.4. The molecule has 0 radical (unpaired) electrons. The van der Waals surface area contributed by atoms with Crippen LogP contribution in [0.1, 0.15) is 52.0 Å². The number of carbonyl (C=O) groups excluding carboxylic acids is 1. The highest BCUT2D eigenvalue weighted by molar-refractivity contribution is 5.80. The fourth-order valence-electron chi connectivity index (χ4n) is 6.97. The van der Waals surface area contributed by atoms with Crippen LogP contribution in [0, 0.1) is 22.2 Å². The summed E-state index contributed by atoms with van der Waals surface area (Å²) in [6.07, 6.45) is 3.86. The van der Waals surface area contributed by atoms with Crippen molar-refractivity contribution in [3.63, 3.8) is 0 Å². The van der Waals surface area contributed by atoms with Crippen LogP contribution in [-0.4, -0.2) is 35.5 Å². The second-order valence-electron chi connectivity index (χ2n) is 10.3. The Morgan fingerprint density at radius 1 is 1.18 bits per heavy atom. The quantitative estimate of drug-likeness (QED) is 0.746. The number of esters is 1. The van der Waals surface area contributed by atoms with Crippen molar-refractivity contribution in [2.24, 2.45) is 22.2 Å². The van der Waals surface area contributed by atoms with Gasteiger partial charge in [0, 0.05) is 5.41 Å². The van der Waals surface area contributed by atoms with E-state index in [9.17, 15) is 4.79 Å². The van der Waals surface area contributed by atoms with Crippen molar-refractivity contribution in [2.75, 3.05) is 0 Å². The van der Waals surface area contributed by atoms with Gasteiger partial charge >= 0.3 is 5.97 Å². The van der Waals surface area contributed by atoms with E-state index in [2.05, 4.69) is 25.8 Å². The molecular formula is C23H29NO4. The Bertz CT molecular complexity index is 825. The highest BCUT2D eigenvalue weighted by Crippen LogP contribution is 2.72. The zero-order valence-corrected chi connectivity index (χ0v) is 16.9. The number of fused-ring (bicyclic) bond motifs is 9. The number of hydrogen-bond acceptors (Lipinski definition) is 5. The Morgan fingerprint density at radius 3 is 2.68 bits per heavy atom. The van der Waals surface area contributed by atoms with Gasteiger partial charge in [-0.3, -0.25) is 9.63 Å². The molecule has 2 aliphatic heterocycles. The van der Waals surface area contributed by atoms with Crippen molar-refractivity contribution in [3.05, 3.63) is 35.9 Å². The molecule has 5 nitrogen and oxygen atoms in total. The molecule has 2 heterocycles. The molecule has 0 spiro atoms. The summed E-state index contributed by atoms with van der Waals surface area (Å²) in [5, 5.41) is 2.09. The second-order valence-corrected chi connectivity index (χ2v) is 10.3. The van der Waals surface area contributed by atoms with Crippen LogP contribution in [0.25, 0.3) is 0 Å². The molecule has 7 atom stereocenters. The first-order valence-electron chi connectivity index (χ1n) is 10.7. The van der Waals surface area contributed by atoms with Gasteiger partial charge in [0.25, 0.3) is 0 Å². The van der Waals surface area contributed by atoms with Gasteiger partial charge in [-0.2, -0.15) is 5.06 Å². The van der Waals surface area contributed by atoms with Crippen molar-refractivity contribution in [1.82, 2.24) is 5.06 Å². The molecule has 150 valence electrons. The Labute approximate surface area is 166 Å². The van der Waals surface area contributed by atoms with E-state index in [4.69, 9.17) is 14.3 Å². The molecule has 5 heteroatoms. The van der Waals surface area contributed by atoms with Crippen molar-refractivity contribution < 1.29 is 19.1 Å². The number of rotatable bonds is 3. The van der Waals surface area contributed by atoms with Gasteiger partial charge in [0.2, 0.25) is 0 Å². The predicted octanol–water partition coefficient (Wildman–Crippen LogP) is 3.68. The van der Waals surface area contributed by atoms with Crippen molar-refractivity contribution in [2.45, 2.75) is 77.5 Å². The maximum atomic E-state index is 13.2. The van der Waals surface area contributed by atoms with Crippen molar-refractivity contribution in [3.8, 4) is 0 Å². The van der Waals surface area contributed by atoms with E-state index >= 15 is 0 Å². The molecule has 28 heavy (non-hydrogen) atoms. The van der Waals surface area contributed by atoms with Crippen LogP contribution >= 0.6 is 0 Å². The minimum Gasteiger partial charge on any atom is -0.460 e. The topological polar surface area (TPSA) is 48.0 Å². The highest BCUT2D eigenvalue weighted by Gasteiger charge is 2.79. The molecule has 0 unspecified atom stereocenters. The second kappa shape index (κ2) is 5.38. The molecular weight excluding hydrogens is 354 g/mol. The molecule has 1 aromatic carbocycles. The molecule has 1 aromatic rings. The van der Waals surface area contributed by atoms with E-state index < -0.39 is 5.41 Å². The summed E-state index contributed by atoms with van der Waals surface area (Å²) >= 11 is 0. The summed E-state index contributed by atoms with van der Waals surface area (Å²) in [6.45, 7) is 7.45. The Balaban J connectivity index is 1.26. The van der Waals surface area contributed by atoms with Gasteiger partial charge < -0.3 is 9.47 Å². The molecule has 6 rings (SSSR count). The molecule has 3 aliphatic carbocycles. The fraction of sp³-hybridized carbons (Fsp3) is 0.696. The Hall–Kier alpha value is -1.43. The SMILES string of the molecule is CC1(C)[C@@H]2CC[C@@]1(C)[C@@H]1O[C@@H]3N(O[C@H]4CC[C@]43C(=O)OCc3ccccc3)[C@H]21. The average Bonchev–Trinajstić information content (AvgIpc) is 3.26. The van der Waals surface area contributed by atoms with Crippen LogP contribution in [0.4, 0.5) is 0 Å². The van der Waals surface area contributed by atoms with Gasteiger partial charge in [-0.1, -0.05) is 51.1 Å². The molecule has 2 bridgehead atoms. The van der Waals surface area contributed by atoms with Gasteiger partial charge in [0.15, 0.2) is 6.23 Å². The number of hydroxylamine groups is 2. The zero-order chi connectivity index (χ0) is 19.3. The third-order valence-corrected chi connectivity index (χ3v) is 9.20. The molecule has 5 fully saturated rings. The predicted molar refractivity (Wildman–Crippen MR) is 102 cm³/mol. The number of hydrogen-bond donors (Lipinski definition) is 0. The summed E-state index contributed by atoms with van der Waals surface area (Å²) in [5.74, 6) is 0.402. The van der Waals surface area contributed by atoms with E-state index in [1.807, 2.05) is 30.3 Å². The van der Waals surface area contributed by atoms with E-state index in [0.717, 1.165) is 18.4 Å². The highest BCUT2D eigenvalue weighted by atomic mass is 16.8. The normalized spacial score (nSPS) is 47.3. The van der Waals surface area contributed by atoms with Crippen molar-refractivity contribution >= 4 is 5.97 Å². The zero-order valence-electron chi connectivity index (χ0n) is 16.9. The lowest BCUT2D eigenvalue weighted by atomic mass is 9.65. The molecule has 0 aromatic heterocycles. The smallest absolute Gasteiger partial charge is 0.319 e. The van der Waals surface area contributed by atoms with Gasteiger partial charge in [0.05, 0.1) is 18.2 Å². The lowest BCUT2D eigenvalue weighted by molar-refractivity contribution is -0.202. The summed E-state index contributed by atoms with van der Waals surface area (Å²) in [6, 6.07) is 10.1. The van der Waals surface area contributed by atoms with E-state index in [-0.39, 0.29) is 41.3 Å². The minimum atomic E-state index is -0.654. The number of benzene rings is 1. The maximum Gasteiger partial charge on any atom is 0.319 e. The van der Waals surface area contributed by atoms with Crippen LogP contribution in [0.5, 0.6) is 0 Å². The maximum absolute atomic E-state index is 13.2. The minimum absolute atomic E-state index is 0.100. The molecule has 0 amide bonds. The van der Waals surface area contributed by atoms with Crippen LogP contribution in [0.2, 0.25) is 0 Å². The fourth-order valence-corrected chi connectivity index (χ4v) is 6.97. The lowest BCUT2D eigenvalue weighted by Crippen LogP contribution is -2.56. The Morgan fingerprint density at radius 2 is 1.96 bits per heavy atom. The van der Waals surface area contributed by atoms with Crippen LogP contribution in [0.15, 0.2) is 30.3 Å². The van der Waals surface area contributed by atoms with Crippen LogP contribution in [-0.2, 0) is 25.7 Å². The summed E-state index contributed by atoms with van der Waals surface area (Å²) in [7, 11) is 0. The van der Waals surface area contributed by atoms with E-state index in [1.165, 1.54) is 12.8 Å². The van der Waals surface area contributed by atoms with Gasteiger partial charge in [-0.15, -0.1) is 0 Å². The monoisotopic (exact) mass is 383 g/mol. The lowest BCUT2D eigenvalue weighted by Gasteiger charge is -2.44. The van der Waals surface area contributed by atoms with E-state index in [0.29, 0.717) is 12.5 Å². The van der Waals surface area contributed by atoms with Gasteiger partial charge in [0.1, 0.15) is 12.0 Å². The molecule has 3 saturated carbocycles. The average molecular weight is 383 g/mol. The van der Waals surface area contributed by atoms with E-state index in [1.54, 1.807) is 0 Å². The molecule has 2 saturated heterocycles. The number of ether oxygens (including phenoxy) is 2. The summed E-state index contributed by atoms with van der Waals surface area (Å²) in [5.41, 5.74) is 0.735. The third-order valence-electron chi connectivity index (χ3n) is 9.20. The van der Waals surface area contributed by atoms with Crippen LogP contribution < -0.4 is 0 Å². The first-order valence-corrected chi connectivity index (χ1v) is 10.7. The van der Waals surface area contributed by atoms with Gasteiger partial charge in [-0.25, -0.2) is 0 Å². The van der Waals surface area contributed by atoms with Crippen LogP contribution in [0.3, 0.4) is 0 Å². The van der Waals surface area contributed by atoms with Gasteiger partial charge in [-0.05, 0) is 42.6 Å². The largest absolute Gasteiger partial charge is 0.460 e. The summed E-state index contributed by atoms with van der Waals surface area (Å²) in [4.78, 5) is 19.6. The Kier molecular flexibility index (Phi) is 3.35. The first kappa shape index (κ1) is 17.4. The standard InChI is InChI=1S/C23H29NO4/c1-21(2)15-9-11-22(21,3)18-17(15)24-19(27-18)23(12-10-16(23)28-24)20(25)26-13-14-7-5-4-6-8-14/h4-8,15-19H,9-13H2,1-3H3/t15-,16+,17-,18-,19+,22+,23+/m1/s1. The van der Waals surface area contributed by atoms with Crippen molar-refractivity contribution in [1.29, 1.82) is 0 Å². The number of carbonyl (C=O) groups is 1. The third kappa shape index (κ3) is 1.82. The molecule has 5 aliphatic rings. The number of nitrogens with zero attached hydrogens (tertiary/aromatic N) is 1. The summed E-state index contributed by atoms with van der Waals surface area (Å²) < 4.78 is 12.5.